The maximum Gasteiger partial charge on any atom is 0.276 e. The van der Waals surface area contributed by atoms with Crippen LogP contribution in [0.4, 0.5) is 5.82 Å². The Morgan fingerprint density at radius 1 is 1.28 bits per heavy atom. The largest absolute Gasteiger partial charge is 0.376 e. The van der Waals surface area contributed by atoms with Crippen LogP contribution in [-0.4, -0.2) is 72.3 Å². The van der Waals surface area contributed by atoms with Crippen molar-refractivity contribution in [3.63, 3.8) is 0 Å². The van der Waals surface area contributed by atoms with E-state index in [-0.39, 0.29) is 17.9 Å². The predicted octanol–water partition coefficient (Wildman–Crippen LogP) is 1.25. The summed E-state index contributed by atoms with van der Waals surface area (Å²) in [7, 11) is 0. The summed E-state index contributed by atoms with van der Waals surface area (Å²) < 4.78 is 10.6. The zero-order chi connectivity index (χ0) is 20.2. The Kier molecular flexibility index (Phi) is 5.75. The van der Waals surface area contributed by atoms with Gasteiger partial charge in [-0.3, -0.25) is 9.59 Å². The van der Waals surface area contributed by atoms with Crippen molar-refractivity contribution in [1.29, 1.82) is 0 Å². The fourth-order valence-electron chi connectivity index (χ4n) is 3.68. The number of amides is 2. The second-order valence-corrected chi connectivity index (χ2v) is 7.32. The SMILES string of the molecule is Cc1cc(C(=O)N2CCN(c3ncccc3C(=O)NCC3CCCO3)CC2)no1. The van der Waals surface area contributed by atoms with E-state index in [0.717, 1.165) is 19.4 Å². The standard InChI is InChI=1S/C20H25N5O4/c1-14-12-17(23-29-14)20(27)25-9-7-24(8-10-25)18-16(5-2-6-21-18)19(26)22-13-15-4-3-11-28-15/h2,5-6,12,15H,3-4,7-11,13H2,1H3,(H,22,26). The van der Waals surface area contributed by atoms with Crippen molar-refractivity contribution < 1.29 is 18.8 Å². The second kappa shape index (κ2) is 8.60. The van der Waals surface area contributed by atoms with E-state index in [1.807, 2.05) is 4.90 Å². The van der Waals surface area contributed by atoms with Gasteiger partial charge in [-0.25, -0.2) is 4.98 Å². The quantitative estimate of drug-likeness (QED) is 0.807. The zero-order valence-corrected chi connectivity index (χ0v) is 16.5. The monoisotopic (exact) mass is 399 g/mol. The molecular formula is C20H25N5O4. The van der Waals surface area contributed by atoms with Gasteiger partial charge in [0.05, 0.1) is 11.7 Å². The number of hydrogen-bond acceptors (Lipinski definition) is 7. The van der Waals surface area contributed by atoms with Gasteiger partial charge in [0.25, 0.3) is 11.8 Å². The van der Waals surface area contributed by atoms with Crippen LogP contribution in [0.1, 0.15) is 39.4 Å². The normalized spacial score (nSPS) is 19.4. The Morgan fingerprint density at radius 2 is 2.10 bits per heavy atom. The number of piperazine rings is 1. The maximum atomic E-state index is 12.7. The van der Waals surface area contributed by atoms with Gasteiger partial charge in [0.1, 0.15) is 11.6 Å². The first-order valence-electron chi connectivity index (χ1n) is 9.94. The Hall–Kier alpha value is -2.94. The highest BCUT2D eigenvalue weighted by Crippen LogP contribution is 2.20. The van der Waals surface area contributed by atoms with Crippen molar-refractivity contribution in [3.8, 4) is 0 Å². The number of carbonyl (C=O) groups is 2. The average Bonchev–Trinajstić information content (AvgIpc) is 3.43. The number of nitrogens with zero attached hydrogens (tertiary/aromatic N) is 4. The second-order valence-electron chi connectivity index (χ2n) is 7.32. The Balaban J connectivity index is 1.38. The van der Waals surface area contributed by atoms with Crippen molar-refractivity contribution >= 4 is 17.6 Å². The molecule has 2 aliphatic rings. The molecule has 2 saturated heterocycles. The summed E-state index contributed by atoms with van der Waals surface area (Å²) in [4.78, 5) is 33.5. The predicted molar refractivity (Wildman–Crippen MR) is 105 cm³/mol. The number of hydrogen-bond donors (Lipinski definition) is 1. The number of nitrogens with one attached hydrogen (secondary N) is 1. The van der Waals surface area contributed by atoms with Gasteiger partial charge in [-0.1, -0.05) is 5.16 Å². The van der Waals surface area contributed by atoms with Crippen LogP contribution in [0.15, 0.2) is 28.9 Å². The molecule has 0 spiro atoms. The van der Waals surface area contributed by atoms with Crippen LogP contribution in [0.2, 0.25) is 0 Å². The average molecular weight is 399 g/mol. The Morgan fingerprint density at radius 3 is 2.79 bits per heavy atom. The molecule has 4 rings (SSSR count). The van der Waals surface area contributed by atoms with Crippen molar-refractivity contribution in [2.24, 2.45) is 0 Å². The fourth-order valence-corrected chi connectivity index (χ4v) is 3.68. The van der Waals surface area contributed by atoms with Gasteiger partial charge in [-0.2, -0.15) is 0 Å². The van der Waals surface area contributed by atoms with E-state index in [0.29, 0.717) is 55.6 Å². The highest BCUT2D eigenvalue weighted by molar-refractivity contribution is 5.99. The Labute approximate surface area is 169 Å². The molecule has 1 N–H and O–H groups in total. The fraction of sp³-hybridized carbons (Fsp3) is 0.500. The first kappa shape index (κ1) is 19.4. The summed E-state index contributed by atoms with van der Waals surface area (Å²) in [6, 6.07) is 5.18. The molecule has 1 unspecified atom stereocenters. The molecule has 9 heteroatoms. The van der Waals surface area contributed by atoms with E-state index >= 15 is 0 Å². The van der Waals surface area contributed by atoms with Gasteiger partial charge in [0.2, 0.25) is 0 Å². The van der Waals surface area contributed by atoms with Gasteiger partial charge in [-0.15, -0.1) is 0 Å². The molecule has 2 aliphatic heterocycles. The van der Waals surface area contributed by atoms with Crippen LogP contribution < -0.4 is 10.2 Å². The molecule has 2 fully saturated rings. The number of rotatable bonds is 5. The third-order valence-corrected chi connectivity index (χ3v) is 5.26. The first-order valence-corrected chi connectivity index (χ1v) is 9.94. The molecule has 0 aliphatic carbocycles. The lowest BCUT2D eigenvalue weighted by molar-refractivity contribution is 0.0735. The number of ether oxygens (including phenoxy) is 1. The van der Waals surface area contributed by atoms with Gasteiger partial charge in [0.15, 0.2) is 5.69 Å². The molecule has 2 amide bonds. The molecule has 154 valence electrons. The highest BCUT2D eigenvalue weighted by atomic mass is 16.5. The van der Waals surface area contributed by atoms with Crippen LogP contribution in [0.3, 0.4) is 0 Å². The smallest absolute Gasteiger partial charge is 0.276 e. The van der Waals surface area contributed by atoms with Crippen molar-refractivity contribution in [2.75, 3.05) is 44.2 Å². The third kappa shape index (κ3) is 4.40. The summed E-state index contributed by atoms with van der Waals surface area (Å²) in [5.41, 5.74) is 0.861. The van der Waals surface area contributed by atoms with Crippen LogP contribution >= 0.6 is 0 Å². The van der Waals surface area contributed by atoms with Gasteiger partial charge in [-0.05, 0) is 31.9 Å². The minimum atomic E-state index is -0.153. The van der Waals surface area contributed by atoms with E-state index in [1.165, 1.54) is 0 Å². The van der Waals surface area contributed by atoms with Gasteiger partial charge >= 0.3 is 0 Å². The van der Waals surface area contributed by atoms with Crippen LogP contribution in [0.5, 0.6) is 0 Å². The Bertz CT molecular complexity index is 869. The lowest BCUT2D eigenvalue weighted by Crippen LogP contribution is -2.49. The maximum absolute atomic E-state index is 12.7. The topological polar surface area (TPSA) is 101 Å². The number of aromatic nitrogens is 2. The third-order valence-electron chi connectivity index (χ3n) is 5.26. The van der Waals surface area contributed by atoms with E-state index in [1.54, 1.807) is 36.2 Å². The zero-order valence-electron chi connectivity index (χ0n) is 16.5. The molecule has 29 heavy (non-hydrogen) atoms. The van der Waals surface area contributed by atoms with Crippen LogP contribution in [0.25, 0.3) is 0 Å². The number of anilines is 1. The van der Waals surface area contributed by atoms with E-state index in [9.17, 15) is 9.59 Å². The number of pyridine rings is 1. The van der Waals surface area contributed by atoms with Gasteiger partial charge < -0.3 is 24.4 Å². The van der Waals surface area contributed by atoms with Crippen molar-refractivity contribution in [2.45, 2.75) is 25.9 Å². The number of carbonyl (C=O) groups excluding carboxylic acids is 2. The van der Waals surface area contributed by atoms with E-state index in [2.05, 4.69) is 15.5 Å². The minimum Gasteiger partial charge on any atom is -0.376 e. The summed E-state index contributed by atoms with van der Waals surface area (Å²) in [6.45, 7) is 5.25. The lowest BCUT2D eigenvalue weighted by atomic mass is 10.2. The lowest BCUT2D eigenvalue weighted by Gasteiger charge is -2.35. The molecule has 0 radical (unpaired) electrons. The molecule has 1 atom stereocenters. The van der Waals surface area contributed by atoms with Gasteiger partial charge in [0, 0.05) is 51.6 Å². The molecular weight excluding hydrogens is 374 g/mol. The van der Waals surface area contributed by atoms with Crippen molar-refractivity contribution in [3.05, 3.63) is 41.4 Å². The molecule has 0 bridgehead atoms. The van der Waals surface area contributed by atoms with E-state index < -0.39 is 0 Å². The summed E-state index contributed by atoms with van der Waals surface area (Å²) >= 11 is 0. The summed E-state index contributed by atoms with van der Waals surface area (Å²) in [5.74, 6) is 0.957. The van der Waals surface area contributed by atoms with Crippen LogP contribution in [0, 0.1) is 6.92 Å². The number of aryl methyl sites for hydroxylation is 1. The first-order chi connectivity index (χ1) is 14.1. The van der Waals surface area contributed by atoms with E-state index in [4.69, 9.17) is 9.26 Å². The summed E-state index contributed by atoms with van der Waals surface area (Å²) in [6.07, 6.45) is 3.78. The molecule has 2 aromatic rings. The minimum absolute atomic E-state index is 0.0915. The molecule has 0 aromatic carbocycles. The molecule has 0 saturated carbocycles. The van der Waals surface area contributed by atoms with Crippen molar-refractivity contribution in [1.82, 2.24) is 20.4 Å². The van der Waals surface area contributed by atoms with Crippen LogP contribution in [-0.2, 0) is 4.74 Å². The molecule has 2 aromatic heterocycles. The molecule has 4 heterocycles. The summed E-state index contributed by atoms with van der Waals surface area (Å²) in [5, 5.41) is 6.76. The highest BCUT2D eigenvalue weighted by Gasteiger charge is 2.27. The molecule has 9 nitrogen and oxygen atoms in total.